The van der Waals surface area contributed by atoms with Gasteiger partial charge in [-0.15, -0.1) is 0 Å². The average molecular weight is 515 g/mol. The minimum absolute atomic E-state index is 0. The molecule has 3 N–H and O–H groups in total. The molecule has 4 aliphatic carbocycles. The maximum Gasteiger partial charge on any atom is 0.336 e. The Morgan fingerprint density at radius 1 is 1.24 bits per heavy atom. The topological polar surface area (TPSA) is 95.6 Å². The molecule has 37 heavy (non-hydrogen) atoms. The Morgan fingerprint density at radius 3 is 2.68 bits per heavy atom. The number of fused-ring (bicyclic) bond motifs is 6. The number of halogens is 2. The fourth-order valence-electron chi connectivity index (χ4n) is 9.39. The second kappa shape index (κ2) is 7.73. The lowest BCUT2D eigenvalue weighted by Crippen LogP contribution is -2.66. The molecule has 1 aromatic heterocycles. The number of aromatic nitrogens is 2. The van der Waals surface area contributed by atoms with Crippen molar-refractivity contribution in [3.8, 4) is 5.69 Å². The van der Waals surface area contributed by atoms with E-state index in [0.717, 1.165) is 42.7 Å². The van der Waals surface area contributed by atoms with Crippen LogP contribution in [0.25, 0.3) is 11.8 Å². The highest BCUT2D eigenvalue weighted by atomic mass is 19.2. The predicted octanol–water partition coefficient (Wildman–Crippen LogP) is 5.15. The van der Waals surface area contributed by atoms with E-state index >= 15 is 0 Å². The van der Waals surface area contributed by atoms with Crippen LogP contribution in [0, 0.1) is 39.7 Å². The molecule has 3 saturated carbocycles. The standard InChI is InChI=1S/C29H34F2N2O4.H2/c1-4-28-9-7-17-11-21-16(15-32-33(21)18-5-6-19(30)20(31)12-18)13-26(17,2)24(28)22(34)14-27(3)23(28)8-10-29(27,37)25(35)36;/h5-6,11-12,15,22-24,34,37H,4,7-10,13-14H2,1-3H3,(H,35,36);1H/t22-,23+,24+,26-,27-,28-,29-;/m0./s1. The second-order valence-corrected chi connectivity index (χ2v) is 12.3. The molecule has 1 heterocycles. The highest BCUT2D eigenvalue weighted by Gasteiger charge is 2.73. The molecular weight excluding hydrogens is 478 g/mol. The molecule has 0 bridgehead atoms. The van der Waals surface area contributed by atoms with Gasteiger partial charge in [0.1, 0.15) is 0 Å². The van der Waals surface area contributed by atoms with Crippen molar-refractivity contribution in [2.45, 2.75) is 77.4 Å². The third-order valence-electron chi connectivity index (χ3n) is 11.0. The quantitative estimate of drug-likeness (QED) is 0.527. The van der Waals surface area contributed by atoms with E-state index < -0.39 is 34.7 Å². The van der Waals surface area contributed by atoms with E-state index in [1.54, 1.807) is 10.9 Å². The number of allylic oxidation sites excluding steroid dienone is 1. The molecule has 1 aromatic carbocycles. The van der Waals surface area contributed by atoms with Crippen molar-refractivity contribution in [1.29, 1.82) is 0 Å². The van der Waals surface area contributed by atoms with E-state index in [4.69, 9.17) is 0 Å². The van der Waals surface area contributed by atoms with Gasteiger partial charge in [-0.3, -0.25) is 0 Å². The Kier molecular flexibility index (Phi) is 5.17. The van der Waals surface area contributed by atoms with Gasteiger partial charge >= 0.3 is 5.97 Å². The Hall–Kier alpha value is -2.58. The average Bonchev–Trinajstić information content (AvgIpc) is 3.37. The number of rotatable bonds is 3. The molecule has 0 spiro atoms. The lowest BCUT2D eigenvalue weighted by Gasteiger charge is -2.66. The van der Waals surface area contributed by atoms with Gasteiger partial charge in [-0.2, -0.15) is 5.10 Å². The minimum atomic E-state index is -1.84. The minimum Gasteiger partial charge on any atom is -0.479 e. The van der Waals surface area contributed by atoms with Gasteiger partial charge in [0.25, 0.3) is 0 Å². The van der Waals surface area contributed by atoms with Crippen molar-refractivity contribution in [2.24, 2.45) is 28.1 Å². The Labute approximate surface area is 216 Å². The number of carboxylic acids is 1. The zero-order valence-corrected chi connectivity index (χ0v) is 21.5. The highest BCUT2D eigenvalue weighted by molar-refractivity contribution is 5.79. The number of nitrogens with zero attached hydrogens (tertiary/aromatic N) is 2. The first-order valence-electron chi connectivity index (χ1n) is 13.3. The predicted molar refractivity (Wildman–Crippen MR) is 135 cm³/mol. The molecular formula is C29H36F2N2O4. The van der Waals surface area contributed by atoms with Gasteiger partial charge in [-0.25, -0.2) is 18.3 Å². The number of benzene rings is 1. The SMILES string of the molecule is CC[C@@]12CCC3=Cc4c(cnn4-c4ccc(F)c(F)c4)C[C@]3(C)[C@H]1[C@@H](O)C[C@@]1(C)[C@H]2CC[C@]1(O)C(=O)O.[HH]. The summed E-state index contributed by atoms with van der Waals surface area (Å²) in [6, 6.07) is 3.76. The number of hydrogen-bond donors (Lipinski definition) is 3. The molecule has 0 saturated heterocycles. The lowest BCUT2D eigenvalue weighted by molar-refractivity contribution is -0.218. The number of aliphatic carboxylic acids is 1. The van der Waals surface area contributed by atoms with Crippen LogP contribution in [-0.2, 0) is 11.2 Å². The van der Waals surface area contributed by atoms with Gasteiger partial charge in [0.2, 0.25) is 0 Å². The van der Waals surface area contributed by atoms with Crippen molar-refractivity contribution >= 4 is 12.0 Å². The molecule has 8 heteroatoms. The summed E-state index contributed by atoms with van der Waals surface area (Å²) in [6.07, 6.45) is 7.23. The molecule has 0 amide bonds. The van der Waals surface area contributed by atoms with Crippen molar-refractivity contribution in [3.05, 3.63) is 52.9 Å². The van der Waals surface area contributed by atoms with E-state index in [-0.39, 0.29) is 36.9 Å². The van der Waals surface area contributed by atoms with Crippen molar-refractivity contribution in [3.63, 3.8) is 0 Å². The summed E-state index contributed by atoms with van der Waals surface area (Å²) in [5.41, 5.74) is 0.0723. The Balaban J connectivity index is 0.00000294. The van der Waals surface area contributed by atoms with E-state index in [0.29, 0.717) is 18.5 Å². The number of carboxylic acid groups (broad SMARTS) is 1. The molecule has 200 valence electrons. The molecule has 4 aliphatic rings. The van der Waals surface area contributed by atoms with E-state index in [1.807, 2.05) is 6.92 Å². The first kappa shape index (κ1) is 24.7. The monoisotopic (exact) mass is 514 g/mol. The Morgan fingerprint density at radius 2 is 2.00 bits per heavy atom. The van der Waals surface area contributed by atoms with Crippen LogP contribution >= 0.6 is 0 Å². The summed E-state index contributed by atoms with van der Waals surface area (Å²) in [6.45, 7) is 6.21. The second-order valence-electron chi connectivity index (χ2n) is 12.3. The van der Waals surface area contributed by atoms with Crippen molar-refractivity contribution in [1.82, 2.24) is 9.78 Å². The van der Waals surface area contributed by atoms with Crippen LogP contribution in [0.5, 0.6) is 0 Å². The van der Waals surface area contributed by atoms with Crippen LogP contribution in [0.2, 0.25) is 0 Å². The first-order chi connectivity index (χ1) is 17.4. The van der Waals surface area contributed by atoms with E-state index in [9.17, 15) is 28.9 Å². The van der Waals surface area contributed by atoms with Gasteiger partial charge in [0.05, 0.1) is 23.7 Å². The molecule has 7 atom stereocenters. The van der Waals surface area contributed by atoms with Crippen LogP contribution in [0.1, 0.15) is 72.0 Å². The zero-order chi connectivity index (χ0) is 26.5. The van der Waals surface area contributed by atoms with Gasteiger partial charge in [-0.05, 0) is 85.5 Å². The van der Waals surface area contributed by atoms with Crippen molar-refractivity contribution < 1.29 is 30.3 Å². The lowest BCUT2D eigenvalue weighted by atomic mass is 9.39. The molecule has 6 rings (SSSR count). The fourth-order valence-corrected chi connectivity index (χ4v) is 9.39. The van der Waals surface area contributed by atoms with E-state index in [2.05, 4.69) is 25.0 Å². The summed E-state index contributed by atoms with van der Waals surface area (Å²) in [5, 5.41) is 37.6. The van der Waals surface area contributed by atoms with Crippen molar-refractivity contribution in [2.75, 3.05) is 0 Å². The van der Waals surface area contributed by atoms with Crippen LogP contribution in [0.4, 0.5) is 8.78 Å². The number of hydrogen-bond acceptors (Lipinski definition) is 4. The van der Waals surface area contributed by atoms with Crippen LogP contribution in [0.15, 0.2) is 30.0 Å². The smallest absolute Gasteiger partial charge is 0.336 e. The fraction of sp³-hybridized carbons (Fsp3) is 0.586. The number of aliphatic hydroxyl groups is 2. The first-order valence-corrected chi connectivity index (χ1v) is 13.3. The molecule has 0 radical (unpaired) electrons. The molecule has 6 nitrogen and oxygen atoms in total. The van der Waals surface area contributed by atoms with Gasteiger partial charge in [0, 0.05) is 18.8 Å². The van der Waals surface area contributed by atoms with Gasteiger partial charge in [0.15, 0.2) is 17.2 Å². The maximum absolute atomic E-state index is 14.0. The Bertz CT molecular complexity index is 1350. The van der Waals surface area contributed by atoms with Crippen LogP contribution < -0.4 is 0 Å². The third-order valence-corrected chi connectivity index (χ3v) is 11.0. The summed E-state index contributed by atoms with van der Waals surface area (Å²) < 4.78 is 29.2. The third kappa shape index (κ3) is 2.97. The maximum atomic E-state index is 14.0. The van der Waals surface area contributed by atoms with Gasteiger partial charge < -0.3 is 15.3 Å². The summed E-state index contributed by atoms with van der Waals surface area (Å²) in [5.74, 6) is -3.13. The van der Waals surface area contributed by atoms with Crippen LogP contribution in [-0.4, -0.2) is 42.8 Å². The summed E-state index contributed by atoms with van der Waals surface area (Å²) >= 11 is 0. The number of aliphatic hydroxyl groups excluding tert-OH is 1. The highest BCUT2D eigenvalue weighted by Crippen LogP contribution is 2.73. The number of carbonyl (C=O) groups is 1. The van der Waals surface area contributed by atoms with Crippen LogP contribution in [0.3, 0.4) is 0 Å². The normalized spacial score (nSPS) is 40.3. The molecule has 0 unspecified atom stereocenters. The zero-order valence-electron chi connectivity index (χ0n) is 21.5. The molecule has 2 aromatic rings. The summed E-state index contributed by atoms with van der Waals surface area (Å²) in [4.78, 5) is 12.2. The molecule has 0 aliphatic heterocycles. The van der Waals surface area contributed by atoms with Gasteiger partial charge in [-0.1, -0.05) is 26.3 Å². The summed E-state index contributed by atoms with van der Waals surface area (Å²) in [7, 11) is 0. The molecule has 3 fully saturated rings. The largest absolute Gasteiger partial charge is 0.479 e. The van der Waals surface area contributed by atoms with E-state index in [1.165, 1.54) is 11.6 Å².